The number of ether oxygens (including phenoxy) is 2. The lowest BCUT2D eigenvalue weighted by molar-refractivity contribution is 0.102. The molecule has 0 saturated heterocycles. The van der Waals surface area contributed by atoms with Crippen LogP contribution in [0, 0.1) is 0 Å². The van der Waals surface area contributed by atoms with Gasteiger partial charge in [-0.05, 0) is 55.0 Å². The zero-order valence-corrected chi connectivity index (χ0v) is 18.2. The summed E-state index contributed by atoms with van der Waals surface area (Å²) < 4.78 is 11.1. The van der Waals surface area contributed by atoms with Gasteiger partial charge < -0.3 is 25.4 Å². The van der Waals surface area contributed by atoms with E-state index in [2.05, 4.69) is 22.9 Å². The molecule has 0 unspecified atom stereocenters. The lowest BCUT2D eigenvalue weighted by Gasteiger charge is -2.14. The first kappa shape index (κ1) is 22.7. The van der Waals surface area contributed by atoms with Crippen molar-refractivity contribution in [3.8, 4) is 11.5 Å². The number of methoxy groups -OCH3 is 1. The van der Waals surface area contributed by atoms with Crippen LogP contribution in [0.15, 0.2) is 72.8 Å². The first-order valence-electron chi connectivity index (χ1n) is 10.4. The van der Waals surface area contributed by atoms with E-state index in [4.69, 9.17) is 9.47 Å². The van der Waals surface area contributed by atoms with Crippen LogP contribution in [0.25, 0.3) is 0 Å². The molecule has 0 aliphatic heterocycles. The summed E-state index contributed by atoms with van der Waals surface area (Å²) in [6.07, 6.45) is 1.94. The highest BCUT2D eigenvalue weighted by Crippen LogP contribution is 2.30. The van der Waals surface area contributed by atoms with E-state index in [-0.39, 0.29) is 11.9 Å². The van der Waals surface area contributed by atoms with Crippen LogP contribution in [0.5, 0.6) is 11.5 Å². The molecule has 0 spiro atoms. The lowest BCUT2D eigenvalue weighted by atomic mass is 10.2. The molecular weight excluding hydrogens is 406 g/mol. The van der Waals surface area contributed by atoms with Gasteiger partial charge >= 0.3 is 6.03 Å². The summed E-state index contributed by atoms with van der Waals surface area (Å²) >= 11 is 0. The zero-order chi connectivity index (χ0) is 22.8. The lowest BCUT2D eigenvalue weighted by Crippen LogP contribution is -2.19. The van der Waals surface area contributed by atoms with Crippen molar-refractivity contribution in [3.63, 3.8) is 0 Å². The minimum atomic E-state index is -0.362. The molecule has 0 atom stereocenters. The van der Waals surface area contributed by atoms with E-state index in [1.54, 1.807) is 61.7 Å². The standard InChI is InChI=1S/C25H27N3O4/c1-3-4-16-32-23-15-14-21(31-2)17-22(23)28-24(29)18-10-12-20(13-11-18)27-25(30)26-19-8-6-5-7-9-19/h5-15,17H,3-4,16H2,1-2H3,(H,28,29)(H2,26,27,30). The number of nitrogens with one attached hydrogen (secondary N) is 3. The molecule has 166 valence electrons. The smallest absolute Gasteiger partial charge is 0.323 e. The van der Waals surface area contributed by atoms with Gasteiger partial charge in [0, 0.05) is 23.0 Å². The third-order valence-electron chi connectivity index (χ3n) is 4.63. The fourth-order valence-electron chi connectivity index (χ4n) is 2.90. The number of benzene rings is 3. The predicted molar refractivity (Wildman–Crippen MR) is 127 cm³/mol. The molecule has 7 nitrogen and oxygen atoms in total. The van der Waals surface area contributed by atoms with Crippen LogP contribution < -0.4 is 25.4 Å². The molecule has 0 aromatic heterocycles. The summed E-state index contributed by atoms with van der Waals surface area (Å²) in [6, 6.07) is 20.7. The van der Waals surface area contributed by atoms with E-state index in [0.717, 1.165) is 12.8 Å². The topological polar surface area (TPSA) is 88.7 Å². The SMILES string of the molecule is CCCCOc1ccc(OC)cc1NC(=O)c1ccc(NC(=O)Nc2ccccc2)cc1. The number of rotatable bonds is 9. The Morgan fingerprint density at radius 2 is 1.53 bits per heavy atom. The number of amides is 3. The Bertz CT molecular complexity index is 1040. The molecule has 3 rings (SSSR count). The molecule has 0 aliphatic rings. The van der Waals surface area contributed by atoms with E-state index < -0.39 is 0 Å². The maximum Gasteiger partial charge on any atom is 0.323 e. The Labute approximate surface area is 187 Å². The van der Waals surface area contributed by atoms with Crippen molar-refractivity contribution in [1.29, 1.82) is 0 Å². The average molecular weight is 434 g/mol. The summed E-state index contributed by atoms with van der Waals surface area (Å²) in [6.45, 7) is 2.65. The Kier molecular flexibility index (Phi) is 8.09. The van der Waals surface area contributed by atoms with Crippen molar-refractivity contribution < 1.29 is 19.1 Å². The maximum absolute atomic E-state index is 12.8. The van der Waals surface area contributed by atoms with Crippen LogP contribution in [0.4, 0.5) is 21.9 Å². The van der Waals surface area contributed by atoms with Crippen molar-refractivity contribution in [2.75, 3.05) is 29.7 Å². The van der Waals surface area contributed by atoms with Crippen molar-refractivity contribution in [3.05, 3.63) is 78.4 Å². The number of carbonyl (C=O) groups is 2. The first-order valence-corrected chi connectivity index (χ1v) is 10.4. The second kappa shape index (κ2) is 11.4. The van der Waals surface area contributed by atoms with Gasteiger partial charge in [-0.25, -0.2) is 4.79 Å². The van der Waals surface area contributed by atoms with Gasteiger partial charge in [0.05, 0.1) is 19.4 Å². The summed E-state index contributed by atoms with van der Waals surface area (Å²) in [7, 11) is 1.57. The molecule has 0 aliphatic carbocycles. The van der Waals surface area contributed by atoms with Gasteiger partial charge in [-0.15, -0.1) is 0 Å². The van der Waals surface area contributed by atoms with Crippen molar-refractivity contribution in [1.82, 2.24) is 0 Å². The molecule has 3 aromatic rings. The Balaban J connectivity index is 1.63. The Morgan fingerprint density at radius 3 is 2.19 bits per heavy atom. The number of hydrogen-bond acceptors (Lipinski definition) is 4. The monoisotopic (exact) mass is 433 g/mol. The molecule has 0 saturated carbocycles. The third kappa shape index (κ3) is 6.50. The number of para-hydroxylation sites is 1. The van der Waals surface area contributed by atoms with Gasteiger partial charge in [-0.2, -0.15) is 0 Å². The maximum atomic E-state index is 12.8. The summed E-state index contributed by atoms with van der Waals surface area (Å²) in [4.78, 5) is 24.9. The second-order valence-electron chi connectivity index (χ2n) is 7.04. The fourth-order valence-corrected chi connectivity index (χ4v) is 2.90. The highest BCUT2D eigenvalue weighted by molar-refractivity contribution is 6.06. The summed E-state index contributed by atoms with van der Waals surface area (Å²) in [5, 5.41) is 8.36. The Morgan fingerprint density at radius 1 is 0.844 bits per heavy atom. The number of urea groups is 1. The number of anilines is 3. The van der Waals surface area contributed by atoms with Gasteiger partial charge in [-0.3, -0.25) is 4.79 Å². The number of hydrogen-bond donors (Lipinski definition) is 3. The van der Waals surface area contributed by atoms with Crippen LogP contribution in [0.3, 0.4) is 0 Å². The molecule has 3 amide bonds. The van der Waals surface area contributed by atoms with Gasteiger partial charge in [0.2, 0.25) is 0 Å². The summed E-state index contributed by atoms with van der Waals surface area (Å²) in [5.41, 5.74) is 2.24. The minimum absolute atomic E-state index is 0.293. The van der Waals surface area contributed by atoms with E-state index in [1.807, 2.05) is 18.2 Å². The molecule has 3 aromatic carbocycles. The second-order valence-corrected chi connectivity index (χ2v) is 7.04. The highest BCUT2D eigenvalue weighted by Gasteiger charge is 2.12. The van der Waals surface area contributed by atoms with Gasteiger partial charge in [-0.1, -0.05) is 31.5 Å². The van der Waals surface area contributed by atoms with Crippen LogP contribution in [-0.2, 0) is 0 Å². The Hall–Kier alpha value is -4.00. The molecule has 3 N–H and O–H groups in total. The largest absolute Gasteiger partial charge is 0.497 e. The molecule has 32 heavy (non-hydrogen) atoms. The normalized spacial score (nSPS) is 10.2. The molecular formula is C25H27N3O4. The average Bonchev–Trinajstić information content (AvgIpc) is 2.81. The van der Waals surface area contributed by atoms with Gasteiger partial charge in [0.25, 0.3) is 5.91 Å². The van der Waals surface area contributed by atoms with E-state index in [1.165, 1.54) is 0 Å². The number of unbranched alkanes of at least 4 members (excludes halogenated alkanes) is 1. The van der Waals surface area contributed by atoms with E-state index >= 15 is 0 Å². The minimum Gasteiger partial charge on any atom is -0.497 e. The van der Waals surface area contributed by atoms with Crippen molar-refractivity contribution in [2.24, 2.45) is 0 Å². The molecule has 0 heterocycles. The van der Waals surface area contributed by atoms with Crippen LogP contribution in [-0.4, -0.2) is 25.7 Å². The molecule has 0 bridgehead atoms. The van der Waals surface area contributed by atoms with Crippen LogP contribution in [0.1, 0.15) is 30.1 Å². The quantitative estimate of drug-likeness (QED) is 0.374. The zero-order valence-electron chi connectivity index (χ0n) is 18.2. The van der Waals surface area contributed by atoms with Crippen molar-refractivity contribution in [2.45, 2.75) is 19.8 Å². The molecule has 7 heteroatoms. The summed E-state index contributed by atoms with van der Waals surface area (Å²) in [5.74, 6) is 0.912. The van der Waals surface area contributed by atoms with Crippen LogP contribution >= 0.6 is 0 Å². The first-order chi connectivity index (χ1) is 15.6. The van der Waals surface area contributed by atoms with E-state index in [9.17, 15) is 9.59 Å². The van der Waals surface area contributed by atoms with Gasteiger partial charge in [0.15, 0.2) is 0 Å². The van der Waals surface area contributed by atoms with Crippen molar-refractivity contribution >= 4 is 29.0 Å². The fraction of sp³-hybridized carbons (Fsp3) is 0.200. The molecule has 0 fully saturated rings. The predicted octanol–water partition coefficient (Wildman–Crippen LogP) is 5.77. The highest BCUT2D eigenvalue weighted by atomic mass is 16.5. The van der Waals surface area contributed by atoms with E-state index in [0.29, 0.717) is 40.7 Å². The number of carbonyl (C=O) groups excluding carboxylic acids is 2. The molecule has 0 radical (unpaired) electrons. The van der Waals surface area contributed by atoms with Crippen LogP contribution in [0.2, 0.25) is 0 Å². The van der Waals surface area contributed by atoms with Gasteiger partial charge in [0.1, 0.15) is 11.5 Å². The third-order valence-corrected chi connectivity index (χ3v) is 4.63.